The molecule has 0 spiro atoms. The van der Waals surface area contributed by atoms with Crippen molar-refractivity contribution in [1.82, 2.24) is 8.87 Å². The van der Waals surface area contributed by atoms with Gasteiger partial charge in [-0.1, -0.05) is 30.3 Å². The van der Waals surface area contributed by atoms with E-state index in [-0.39, 0.29) is 0 Å². The maximum absolute atomic E-state index is 13.3. The van der Waals surface area contributed by atoms with Crippen molar-refractivity contribution in [2.24, 2.45) is 0 Å². The molecule has 1 aromatic heterocycles. The van der Waals surface area contributed by atoms with E-state index in [1.54, 1.807) is 12.1 Å². The van der Waals surface area contributed by atoms with Crippen LogP contribution in [0.15, 0.2) is 59.6 Å². The highest BCUT2D eigenvalue weighted by Crippen LogP contribution is 2.35. The van der Waals surface area contributed by atoms with E-state index in [0.29, 0.717) is 10.8 Å². The van der Waals surface area contributed by atoms with Gasteiger partial charge >= 0.3 is 0 Å². The first-order chi connectivity index (χ1) is 12.0. The molecule has 0 aliphatic carbocycles. The molecule has 1 fully saturated rings. The number of likely N-dealkylation sites (N-methyl/N-ethyl adjacent to an activating group) is 1. The lowest BCUT2D eigenvalue weighted by atomic mass is 9.98. The highest BCUT2D eigenvalue weighted by atomic mass is 127. The fourth-order valence-corrected chi connectivity index (χ4v) is 6.32. The molecule has 0 saturated carbocycles. The van der Waals surface area contributed by atoms with Gasteiger partial charge in [-0.15, -0.1) is 0 Å². The largest absolute Gasteiger partial charge is 0.306 e. The third-order valence-corrected chi connectivity index (χ3v) is 7.95. The van der Waals surface area contributed by atoms with Gasteiger partial charge in [0.2, 0.25) is 0 Å². The monoisotopic (exact) mass is 466 g/mol. The maximum Gasteiger partial charge on any atom is 0.269 e. The number of fused-ring (bicyclic) bond motifs is 1. The minimum absolute atomic E-state index is 0.353. The van der Waals surface area contributed by atoms with Gasteiger partial charge < -0.3 is 4.90 Å². The Morgan fingerprint density at radius 1 is 1.08 bits per heavy atom. The van der Waals surface area contributed by atoms with Crippen molar-refractivity contribution in [1.29, 1.82) is 0 Å². The first-order valence-electron chi connectivity index (χ1n) is 8.27. The molecular formula is C19H19IN2O2S. The molecule has 1 aliphatic heterocycles. The summed E-state index contributed by atoms with van der Waals surface area (Å²) < 4.78 is 28.8. The molecule has 1 unspecified atom stereocenters. The van der Waals surface area contributed by atoms with Crippen molar-refractivity contribution in [2.45, 2.75) is 17.2 Å². The summed E-state index contributed by atoms with van der Waals surface area (Å²) in [5, 5.41) is 1.04. The molecule has 1 aliphatic rings. The van der Waals surface area contributed by atoms with Crippen molar-refractivity contribution in [3.63, 3.8) is 0 Å². The van der Waals surface area contributed by atoms with Crippen LogP contribution in [0.4, 0.5) is 0 Å². The lowest BCUT2D eigenvalue weighted by molar-refractivity contribution is 0.412. The lowest BCUT2D eigenvalue weighted by Gasteiger charge is -2.10. The first-order valence-corrected chi connectivity index (χ1v) is 10.8. The average Bonchev–Trinajstić information content (AvgIpc) is 3.19. The van der Waals surface area contributed by atoms with Gasteiger partial charge in [0.05, 0.1) is 5.52 Å². The van der Waals surface area contributed by atoms with Crippen LogP contribution in [0, 0.1) is 3.57 Å². The van der Waals surface area contributed by atoms with Crippen LogP contribution in [0.5, 0.6) is 0 Å². The standard InChI is InChI=1S/C19H19IN2O2S/c1-21-11-10-14(12-21)16-13-22(18-8-4-2-6-15(16)18)25(23,24)19-9-5-3-7-17(19)20/h2-9,13-14H,10-12H2,1H3. The highest BCUT2D eigenvalue weighted by Gasteiger charge is 2.28. The van der Waals surface area contributed by atoms with Crippen molar-refractivity contribution >= 4 is 43.5 Å². The quantitative estimate of drug-likeness (QED) is 0.550. The molecule has 0 amide bonds. The molecule has 1 atom stereocenters. The molecule has 1 saturated heterocycles. The third kappa shape index (κ3) is 2.90. The van der Waals surface area contributed by atoms with Crippen LogP contribution in [-0.4, -0.2) is 37.4 Å². The van der Waals surface area contributed by atoms with Gasteiger partial charge in [-0.2, -0.15) is 0 Å². The van der Waals surface area contributed by atoms with E-state index < -0.39 is 10.0 Å². The second-order valence-corrected chi connectivity index (χ2v) is 9.53. The van der Waals surface area contributed by atoms with Gasteiger partial charge in [0.25, 0.3) is 10.0 Å². The summed E-state index contributed by atoms with van der Waals surface area (Å²) in [6.07, 6.45) is 2.90. The van der Waals surface area contributed by atoms with Crippen LogP contribution in [0.1, 0.15) is 17.9 Å². The van der Waals surface area contributed by atoms with Crippen molar-refractivity contribution in [2.75, 3.05) is 20.1 Å². The number of aromatic nitrogens is 1. The summed E-state index contributed by atoms with van der Waals surface area (Å²) in [7, 11) is -1.51. The van der Waals surface area contributed by atoms with Crippen LogP contribution in [0.25, 0.3) is 10.9 Å². The van der Waals surface area contributed by atoms with Crippen LogP contribution < -0.4 is 0 Å². The molecule has 0 bridgehead atoms. The molecule has 4 rings (SSSR count). The van der Waals surface area contributed by atoms with Gasteiger partial charge in [0, 0.05) is 21.7 Å². The van der Waals surface area contributed by atoms with Gasteiger partial charge in [0.1, 0.15) is 4.90 Å². The average molecular weight is 466 g/mol. The smallest absolute Gasteiger partial charge is 0.269 e. The summed E-state index contributed by atoms with van der Waals surface area (Å²) in [5.74, 6) is 0.376. The van der Waals surface area contributed by atoms with Crippen LogP contribution in [0.3, 0.4) is 0 Å². The van der Waals surface area contributed by atoms with Gasteiger partial charge in [-0.05, 0) is 72.3 Å². The number of benzene rings is 2. The topological polar surface area (TPSA) is 42.3 Å². The van der Waals surface area contributed by atoms with E-state index in [9.17, 15) is 8.42 Å². The summed E-state index contributed by atoms with van der Waals surface area (Å²) >= 11 is 2.08. The number of hydrogen-bond donors (Lipinski definition) is 0. The Labute approximate surface area is 161 Å². The zero-order valence-corrected chi connectivity index (χ0v) is 16.9. The van der Waals surface area contributed by atoms with Crippen molar-refractivity contribution in [3.8, 4) is 0 Å². The van der Waals surface area contributed by atoms with E-state index in [0.717, 1.165) is 39.5 Å². The number of rotatable bonds is 3. The van der Waals surface area contributed by atoms with Crippen LogP contribution in [-0.2, 0) is 10.0 Å². The number of likely N-dealkylation sites (tertiary alicyclic amines) is 1. The number of halogens is 1. The normalized spacial score (nSPS) is 18.9. The van der Waals surface area contributed by atoms with E-state index in [1.807, 2.05) is 42.6 Å². The Hall–Kier alpha value is -1.38. The van der Waals surface area contributed by atoms with Crippen molar-refractivity contribution in [3.05, 3.63) is 63.9 Å². The fraction of sp³-hybridized carbons (Fsp3) is 0.263. The van der Waals surface area contributed by atoms with Gasteiger partial charge in [-0.3, -0.25) is 0 Å². The van der Waals surface area contributed by atoms with Crippen molar-refractivity contribution < 1.29 is 8.42 Å². The highest BCUT2D eigenvalue weighted by molar-refractivity contribution is 14.1. The van der Waals surface area contributed by atoms with E-state index in [4.69, 9.17) is 0 Å². The van der Waals surface area contributed by atoms with E-state index in [2.05, 4.69) is 34.5 Å². The Balaban J connectivity index is 1.93. The number of para-hydroxylation sites is 1. The predicted octanol–water partition coefficient (Wildman–Crippen LogP) is 3.90. The van der Waals surface area contributed by atoms with Crippen LogP contribution >= 0.6 is 22.6 Å². The SMILES string of the molecule is CN1CCC(c2cn(S(=O)(=O)c3ccccc3I)c3ccccc23)C1. The molecule has 2 heterocycles. The molecule has 6 heteroatoms. The Morgan fingerprint density at radius 3 is 2.52 bits per heavy atom. The summed E-state index contributed by atoms with van der Waals surface area (Å²) in [4.78, 5) is 2.65. The molecule has 0 N–H and O–H groups in total. The predicted molar refractivity (Wildman–Crippen MR) is 109 cm³/mol. The Bertz CT molecular complexity index is 1040. The molecular weight excluding hydrogens is 447 g/mol. The van der Waals surface area contributed by atoms with Gasteiger partial charge in [-0.25, -0.2) is 12.4 Å². The molecule has 4 nitrogen and oxygen atoms in total. The molecule has 0 radical (unpaired) electrons. The maximum atomic E-state index is 13.3. The lowest BCUT2D eigenvalue weighted by Crippen LogP contribution is -2.14. The molecule has 25 heavy (non-hydrogen) atoms. The molecule has 130 valence electrons. The molecule has 2 aromatic carbocycles. The summed E-state index contributed by atoms with van der Waals surface area (Å²) in [6.45, 7) is 2.02. The summed E-state index contributed by atoms with van der Waals surface area (Å²) in [6, 6.07) is 14.9. The fourth-order valence-electron chi connectivity index (χ4n) is 3.65. The third-order valence-electron chi connectivity index (χ3n) is 4.91. The molecule has 3 aromatic rings. The Morgan fingerprint density at radius 2 is 1.80 bits per heavy atom. The zero-order chi connectivity index (χ0) is 17.6. The Kier molecular flexibility index (Phi) is 4.37. The van der Waals surface area contributed by atoms with E-state index in [1.165, 1.54) is 3.97 Å². The minimum Gasteiger partial charge on any atom is -0.306 e. The van der Waals surface area contributed by atoms with E-state index >= 15 is 0 Å². The number of nitrogens with zero attached hydrogens (tertiary/aromatic N) is 2. The number of hydrogen-bond acceptors (Lipinski definition) is 3. The second-order valence-electron chi connectivity index (χ2n) is 6.58. The zero-order valence-electron chi connectivity index (χ0n) is 13.9. The van der Waals surface area contributed by atoms with Gasteiger partial charge in [0.15, 0.2) is 0 Å². The van der Waals surface area contributed by atoms with Crippen LogP contribution in [0.2, 0.25) is 0 Å². The summed E-state index contributed by atoms with van der Waals surface area (Å²) in [5.41, 5.74) is 1.89. The first kappa shape index (κ1) is 17.1. The minimum atomic E-state index is -3.62. The second kappa shape index (κ2) is 6.41.